The summed E-state index contributed by atoms with van der Waals surface area (Å²) in [6.45, 7) is 3.41. The Hall–Kier alpha value is -0.290. The molecule has 0 atom stereocenters. The van der Waals surface area contributed by atoms with Gasteiger partial charge in [-0.15, -0.1) is 0 Å². The maximum Gasteiger partial charge on any atom is 0.401 e. The maximum absolute atomic E-state index is 12.1. The number of hydrogen-bond donors (Lipinski definition) is 1. The Kier molecular flexibility index (Phi) is 4.86. The van der Waals surface area contributed by atoms with Crippen molar-refractivity contribution in [3.8, 4) is 0 Å². The first kappa shape index (κ1) is 12.8. The number of halogens is 3. The van der Waals surface area contributed by atoms with Crippen molar-refractivity contribution in [1.29, 1.82) is 0 Å². The van der Waals surface area contributed by atoms with Gasteiger partial charge in [0.15, 0.2) is 0 Å². The third kappa shape index (κ3) is 5.37. The molecule has 0 aromatic carbocycles. The molecular weight excluding hydrogens is 205 g/mol. The molecule has 1 heterocycles. The van der Waals surface area contributed by atoms with Gasteiger partial charge in [0.1, 0.15) is 0 Å². The van der Waals surface area contributed by atoms with Crippen LogP contribution in [0.15, 0.2) is 0 Å². The summed E-state index contributed by atoms with van der Waals surface area (Å²) in [7, 11) is 0. The first-order valence-corrected chi connectivity index (χ1v) is 5.54. The Morgan fingerprint density at radius 3 is 2.33 bits per heavy atom. The largest absolute Gasteiger partial charge is 0.401 e. The fourth-order valence-electron chi connectivity index (χ4n) is 1.90. The molecule has 0 saturated carbocycles. The molecule has 0 unspecified atom stereocenters. The van der Waals surface area contributed by atoms with Crippen LogP contribution in [0.3, 0.4) is 0 Å². The quantitative estimate of drug-likeness (QED) is 0.786. The van der Waals surface area contributed by atoms with Gasteiger partial charge in [-0.3, -0.25) is 4.90 Å². The highest BCUT2D eigenvalue weighted by atomic mass is 19.4. The zero-order chi connectivity index (χ0) is 11.3. The molecule has 0 amide bonds. The molecule has 5 heteroatoms. The standard InChI is InChI=1S/C10H19F3N2/c1-2-5-14-9-3-6-15(7-4-9)8-10(11,12)13/h9,14H,2-8H2,1H3. The molecule has 1 fully saturated rings. The number of rotatable bonds is 4. The van der Waals surface area contributed by atoms with Crippen molar-refractivity contribution in [2.45, 2.75) is 38.4 Å². The number of nitrogens with one attached hydrogen (secondary N) is 1. The third-order valence-electron chi connectivity index (χ3n) is 2.67. The summed E-state index contributed by atoms with van der Waals surface area (Å²) in [6.07, 6.45) is -1.32. The Morgan fingerprint density at radius 2 is 1.87 bits per heavy atom. The van der Waals surface area contributed by atoms with E-state index in [1.54, 1.807) is 0 Å². The first-order valence-electron chi connectivity index (χ1n) is 5.54. The first-order chi connectivity index (χ1) is 7.01. The second-order valence-electron chi connectivity index (χ2n) is 4.12. The van der Waals surface area contributed by atoms with Crippen molar-refractivity contribution in [2.24, 2.45) is 0 Å². The minimum absolute atomic E-state index is 0.412. The van der Waals surface area contributed by atoms with Crippen LogP contribution in [-0.2, 0) is 0 Å². The highest BCUT2D eigenvalue weighted by molar-refractivity contribution is 4.78. The van der Waals surface area contributed by atoms with E-state index in [4.69, 9.17) is 0 Å². The molecule has 90 valence electrons. The van der Waals surface area contributed by atoms with Crippen molar-refractivity contribution in [1.82, 2.24) is 10.2 Å². The van der Waals surface area contributed by atoms with Crippen molar-refractivity contribution in [2.75, 3.05) is 26.2 Å². The van der Waals surface area contributed by atoms with Gasteiger partial charge in [-0.2, -0.15) is 13.2 Å². The van der Waals surface area contributed by atoms with Gasteiger partial charge in [0.05, 0.1) is 6.54 Å². The van der Waals surface area contributed by atoms with Crippen molar-refractivity contribution in [3.63, 3.8) is 0 Å². The van der Waals surface area contributed by atoms with Gasteiger partial charge < -0.3 is 5.32 Å². The van der Waals surface area contributed by atoms with Crippen LogP contribution in [0.25, 0.3) is 0 Å². The summed E-state index contributed by atoms with van der Waals surface area (Å²) in [6, 6.07) is 0.412. The molecule has 1 aliphatic rings. The lowest BCUT2D eigenvalue weighted by atomic mass is 10.1. The van der Waals surface area contributed by atoms with Gasteiger partial charge >= 0.3 is 6.18 Å². The normalized spacial score (nSPS) is 20.8. The van der Waals surface area contributed by atoms with E-state index < -0.39 is 12.7 Å². The summed E-state index contributed by atoms with van der Waals surface area (Å²) < 4.78 is 36.2. The molecule has 0 aromatic heterocycles. The molecule has 1 rings (SSSR count). The predicted molar refractivity (Wildman–Crippen MR) is 53.8 cm³/mol. The number of alkyl halides is 3. The second-order valence-corrected chi connectivity index (χ2v) is 4.12. The molecule has 0 aliphatic carbocycles. The fraction of sp³-hybridized carbons (Fsp3) is 1.00. The van der Waals surface area contributed by atoms with E-state index in [2.05, 4.69) is 12.2 Å². The highest BCUT2D eigenvalue weighted by Crippen LogP contribution is 2.19. The molecule has 0 bridgehead atoms. The highest BCUT2D eigenvalue weighted by Gasteiger charge is 2.32. The molecular formula is C10H19F3N2. The molecule has 0 radical (unpaired) electrons. The number of likely N-dealkylation sites (tertiary alicyclic amines) is 1. The van der Waals surface area contributed by atoms with E-state index in [9.17, 15) is 13.2 Å². The van der Waals surface area contributed by atoms with Crippen LogP contribution in [-0.4, -0.2) is 43.3 Å². The fourth-order valence-corrected chi connectivity index (χ4v) is 1.90. The Labute approximate surface area is 88.8 Å². The van der Waals surface area contributed by atoms with E-state index in [-0.39, 0.29) is 0 Å². The summed E-state index contributed by atoms with van der Waals surface area (Å²) in [4.78, 5) is 1.49. The minimum atomic E-state index is -4.05. The van der Waals surface area contributed by atoms with Crippen LogP contribution in [0.2, 0.25) is 0 Å². The number of nitrogens with zero attached hydrogens (tertiary/aromatic N) is 1. The van der Waals surface area contributed by atoms with Gasteiger partial charge in [-0.1, -0.05) is 6.92 Å². The lowest BCUT2D eigenvalue weighted by molar-refractivity contribution is -0.148. The van der Waals surface area contributed by atoms with E-state index in [0.717, 1.165) is 25.8 Å². The molecule has 1 aliphatic heterocycles. The van der Waals surface area contributed by atoms with Crippen LogP contribution in [0.1, 0.15) is 26.2 Å². The molecule has 15 heavy (non-hydrogen) atoms. The molecule has 0 spiro atoms. The van der Waals surface area contributed by atoms with Crippen LogP contribution in [0, 0.1) is 0 Å². The second kappa shape index (κ2) is 5.70. The lowest BCUT2D eigenvalue weighted by Crippen LogP contribution is -2.45. The minimum Gasteiger partial charge on any atom is -0.314 e. The maximum atomic E-state index is 12.1. The van der Waals surface area contributed by atoms with Gasteiger partial charge in [0, 0.05) is 6.04 Å². The molecule has 1 N–H and O–H groups in total. The average Bonchev–Trinajstić information content (AvgIpc) is 2.14. The van der Waals surface area contributed by atoms with E-state index in [0.29, 0.717) is 19.1 Å². The molecule has 0 aromatic rings. The number of piperidine rings is 1. The van der Waals surface area contributed by atoms with E-state index in [1.807, 2.05) is 0 Å². The molecule has 2 nitrogen and oxygen atoms in total. The smallest absolute Gasteiger partial charge is 0.314 e. The van der Waals surface area contributed by atoms with Crippen LogP contribution >= 0.6 is 0 Å². The van der Waals surface area contributed by atoms with Crippen molar-refractivity contribution >= 4 is 0 Å². The topological polar surface area (TPSA) is 15.3 Å². The van der Waals surface area contributed by atoms with Gasteiger partial charge in [0.2, 0.25) is 0 Å². The average molecular weight is 224 g/mol. The Bertz CT molecular complexity index is 174. The predicted octanol–water partition coefficient (Wildman–Crippen LogP) is 2.01. The summed E-state index contributed by atoms with van der Waals surface area (Å²) >= 11 is 0. The van der Waals surface area contributed by atoms with Crippen molar-refractivity contribution < 1.29 is 13.2 Å². The lowest BCUT2D eigenvalue weighted by Gasteiger charge is -2.32. The zero-order valence-corrected chi connectivity index (χ0v) is 9.11. The Balaban J connectivity index is 2.18. The molecule has 1 saturated heterocycles. The summed E-state index contributed by atoms with van der Waals surface area (Å²) in [5.74, 6) is 0. The van der Waals surface area contributed by atoms with Gasteiger partial charge in [0.25, 0.3) is 0 Å². The van der Waals surface area contributed by atoms with Crippen LogP contribution in [0.5, 0.6) is 0 Å². The summed E-state index contributed by atoms with van der Waals surface area (Å²) in [5, 5.41) is 3.35. The van der Waals surface area contributed by atoms with Crippen LogP contribution < -0.4 is 5.32 Å². The van der Waals surface area contributed by atoms with Gasteiger partial charge in [-0.05, 0) is 38.9 Å². The zero-order valence-electron chi connectivity index (χ0n) is 9.11. The summed E-state index contributed by atoms with van der Waals surface area (Å²) in [5.41, 5.74) is 0. The monoisotopic (exact) mass is 224 g/mol. The van der Waals surface area contributed by atoms with Crippen molar-refractivity contribution in [3.05, 3.63) is 0 Å². The van der Waals surface area contributed by atoms with E-state index in [1.165, 1.54) is 4.90 Å². The van der Waals surface area contributed by atoms with Crippen LogP contribution in [0.4, 0.5) is 13.2 Å². The van der Waals surface area contributed by atoms with E-state index >= 15 is 0 Å². The number of hydrogen-bond acceptors (Lipinski definition) is 2. The Morgan fingerprint density at radius 1 is 1.27 bits per heavy atom. The SMILES string of the molecule is CCCNC1CCN(CC(F)(F)F)CC1. The third-order valence-corrected chi connectivity index (χ3v) is 2.67. The van der Waals surface area contributed by atoms with Gasteiger partial charge in [-0.25, -0.2) is 0 Å².